The van der Waals surface area contributed by atoms with Gasteiger partial charge in [0, 0.05) is 6.54 Å². The van der Waals surface area contributed by atoms with Crippen molar-refractivity contribution in [2.45, 2.75) is 18.4 Å². The topological polar surface area (TPSA) is 55.5 Å². The molecular formula is C12H17NO2. The summed E-state index contributed by atoms with van der Waals surface area (Å²) in [5.74, 6) is 1.11. The molecule has 0 aliphatic heterocycles. The number of ether oxygens (including phenoxy) is 1. The van der Waals surface area contributed by atoms with Gasteiger partial charge in [-0.1, -0.05) is 18.2 Å². The predicted octanol–water partition coefficient (Wildman–Crippen LogP) is 1.17. The molecule has 15 heavy (non-hydrogen) atoms. The van der Waals surface area contributed by atoms with Crippen LogP contribution >= 0.6 is 0 Å². The summed E-state index contributed by atoms with van der Waals surface area (Å²) in [5.41, 5.74) is 4.74. The summed E-state index contributed by atoms with van der Waals surface area (Å²) in [6, 6.07) is 9.51. The zero-order valence-corrected chi connectivity index (χ0v) is 8.73. The van der Waals surface area contributed by atoms with Crippen LogP contribution in [-0.4, -0.2) is 23.9 Å². The van der Waals surface area contributed by atoms with Gasteiger partial charge < -0.3 is 15.6 Å². The maximum absolute atomic E-state index is 10.2. The molecule has 0 bridgehead atoms. The number of hydrogen-bond donors (Lipinski definition) is 2. The first kappa shape index (κ1) is 10.5. The van der Waals surface area contributed by atoms with E-state index in [9.17, 15) is 5.11 Å². The van der Waals surface area contributed by atoms with E-state index < -0.39 is 5.60 Å². The van der Waals surface area contributed by atoms with Crippen LogP contribution in [0.3, 0.4) is 0 Å². The first-order chi connectivity index (χ1) is 7.24. The number of nitrogens with two attached hydrogens (primary N) is 1. The number of benzene rings is 1. The average molecular weight is 207 g/mol. The van der Waals surface area contributed by atoms with Crippen LogP contribution in [0.2, 0.25) is 0 Å². The van der Waals surface area contributed by atoms with Crippen LogP contribution in [0, 0.1) is 5.92 Å². The highest BCUT2D eigenvalue weighted by Crippen LogP contribution is 2.39. The average Bonchev–Trinajstić information content (AvgIpc) is 3.11. The van der Waals surface area contributed by atoms with Crippen LogP contribution in [-0.2, 0) is 0 Å². The fourth-order valence-corrected chi connectivity index (χ4v) is 1.69. The Labute approximate surface area is 89.9 Å². The standard InChI is InChI=1S/C12H17NO2/c13-8-12(14,10-6-7-10)9-15-11-4-2-1-3-5-11/h1-5,10,14H,6-9,13H2. The number of rotatable bonds is 5. The van der Waals surface area contributed by atoms with E-state index in [-0.39, 0.29) is 13.2 Å². The van der Waals surface area contributed by atoms with E-state index in [1.54, 1.807) is 0 Å². The molecule has 3 N–H and O–H groups in total. The summed E-state index contributed by atoms with van der Waals surface area (Å²) < 4.78 is 5.53. The minimum Gasteiger partial charge on any atom is -0.491 e. The van der Waals surface area contributed by atoms with Crippen molar-refractivity contribution >= 4 is 0 Å². The van der Waals surface area contributed by atoms with Crippen molar-refractivity contribution in [3.05, 3.63) is 30.3 Å². The second-order valence-electron chi connectivity index (χ2n) is 4.18. The molecule has 0 heterocycles. The van der Waals surface area contributed by atoms with Gasteiger partial charge in [-0.05, 0) is 30.9 Å². The summed E-state index contributed by atoms with van der Waals surface area (Å²) in [6.45, 7) is 0.558. The van der Waals surface area contributed by atoms with Gasteiger partial charge in [0.25, 0.3) is 0 Å². The molecular weight excluding hydrogens is 190 g/mol. The molecule has 0 aromatic heterocycles. The SMILES string of the molecule is NCC(O)(COc1ccccc1)C1CC1. The maximum Gasteiger partial charge on any atom is 0.119 e. The molecule has 1 aromatic rings. The quantitative estimate of drug-likeness (QED) is 0.762. The lowest BCUT2D eigenvalue weighted by molar-refractivity contribution is -0.0162. The van der Waals surface area contributed by atoms with Gasteiger partial charge in [0.2, 0.25) is 0 Å². The molecule has 0 amide bonds. The summed E-state index contributed by atoms with van der Waals surface area (Å²) in [4.78, 5) is 0. The highest BCUT2D eigenvalue weighted by molar-refractivity contribution is 5.21. The summed E-state index contributed by atoms with van der Waals surface area (Å²) in [7, 11) is 0. The molecule has 1 unspecified atom stereocenters. The van der Waals surface area contributed by atoms with E-state index in [0.717, 1.165) is 18.6 Å². The lowest BCUT2D eigenvalue weighted by Gasteiger charge is -2.26. The second kappa shape index (κ2) is 4.21. The Morgan fingerprint density at radius 3 is 2.53 bits per heavy atom. The molecule has 1 aliphatic rings. The molecule has 3 heteroatoms. The van der Waals surface area contributed by atoms with Crippen LogP contribution in [0.1, 0.15) is 12.8 Å². The molecule has 1 aliphatic carbocycles. The van der Waals surface area contributed by atoms with Crippen LogP contribution in [0.4, 0.5) is 0 Å². The summed E-state index contributed by atoms with van der Waals surface area (Å²) >= 11 is 0. The van der Waals surface area contributed by atoms with Gasteiger partial charge >= 0.3 is 0 Å². The van der Waals surface area contributed by atoms with E-state index in [1.165, 1.54) is 0 Å². The van der Waals surface area contributed by atoms with Crippen LogP contribution in [0.15, 0.2) is 30.3 Å². The van der Waals surface area contributed by atoms with Crippen molar-refractivity contribution in [3.8, 4) is 5.75 Å². The molecule has 3 nitrogen and oxygen atoms in total. The third-order valence-corrected chi connectivity index (χ3v) is 2.92. The molecule has 0 spiro atoms. The lowest BCUT2D eigenvalue weighted by atomic mass is 9.99. The van der Waals surface area contributed by atoms with Gasteiger partial charge in [0.05, 0.1) is 0 Å². The number of hydrogen-bond acceptors (Lipinski definition) is 3. The smallest absolute Gasteiger partial charge is 0.119 e. The third-order valence-electron chi connectivity index (χ3n) is 2.92. The van der Waals surface area contributed by atoms with Crippen molar-refractivity contribution in [1.29, 1.82) is 0 Å². The van der Waals surface area contributed by atoms with Crippen molar-refractivity contribution < 1.29 is 9.84 Å². The van der Waals surface area contributed by atoms with Crippen LogP contribution in [0.5, 0.6) is 5.75 Å². The van der Waals surface area contributed by atoms with Crippen LogP contribution < -0.4 is 10.5 Å². The Hall–Kier alpha value is -1.06. The van der Waals surface area contributed by atoms with Crippen molar-refractivity contribution in [2.75, 3.05) is 13.2 Å². The molecule has 1 atom stereocenters. The molecule has 0 radical (unpaired) electrons. The Kier molecular flexibility index (Phi) is 2.93. The van der Waals surface area contributed by atoms with Gasteiger partial charge in [0.15, 0.2) is 0 Å². The van der Waals surface area contributed by atoms with E-state index in [4.69, 9.17) is 10.5 Å². The van der Waals surface area contributed by atoms with Gasteiger partial charge in [-0.2, -0.15) is 0 Å². The highest BCUT2D eigenvalue weighted by atomic mass is 16.5. The Morgan fingerprint density at radius 2 is 2.00 bits per heavy atom. The maximum atomic E-state index is 10.2. The number of para-hydroxylation sites is 1. The first-order valence-electron chi connectivity index (χ1n) is 5.35. The van der Waals surface area contributed by atoms with Gasteiger partial charge in [0.1, 0.15) is 18.0 Å². The van der Waals surface area contributed by atoms with Gasteiger partial charge in [-0.3, -0.25) is 0 Å². The second-order valence-corrected chi connectivity index (χ2v) is 4.18. The monoisotopic (exact) mass is 207 g/mol. The zero-order valence-electron chi connectivity index (χ0n) is 8.73. The minimum atomic E-state index is -0.837. The van der Waals surface area contributed by atoms with Crippen molar-refractivity contribution in [2.24, 2.45) is 11.7 Å². The molecule has 82 valence electrons. The molecule has 2 rings (SSSR count). The lowest BCUT2D eigenvalue weighted by Crippen LogP contribution is -2.45. The molecule has 1 saturated carbocycles. The number of aliphatic hydroxyl groups is 1. The Bertz CT molecular complexity index is 311. The van der Waals surface area contributed by atoms with Crippen molar-refractivity contribution in [3.63, 3.8) is 0 Å². The van der Waals surface area contributed by atoms with E-state index >= 15 is 0 Å². The van der Waals surface area contributed by atoms with Gasteiger partial charge in [-0.15, -0.1) is 0 Å². The zero-order chi connectivity index (χ0) is 10.7. The largest absolute Gasteiger partial charge is 0.491 e. The Balaban J connectivity index is 1.91. The Morgan fingerprint density at radius 1 is 1.33 bits per heavy atom. The summed E-state index contributed by atoms with van der Waals surface area (Å²) in [6.07, 6.45) is 2.12. The fourth-order valence-electron chi connectivity index (χ4n) is 1.69. The minimum absolute atomic E-state index is 0.268. The third kappa shape index (κ3) is 2.49. The van der Waals surface area contributed by atoms with Crippen molar-refractivity contribution in [1.82, 2.24) is 0 Å². The first-order valence-corrected chi connectivity index (χ1v) is 5.35. The summed E-state index contributed by atoms with van der Waals surface area (Å²) in [5, 5.41) is 10.2. The van der Waals surface area contributed by atoms with Crippen LogP contribution in [0.25, 0.3) is 0 Å². The normalized spacial score (nSPS) is 19.6. The molecule has 1 fully saturated rings. The van der Waals surface area contributed by atoms with Gasteiger partial charge in [-0.25, -0.2) is 0 Å². The highest BCUT2D eigenvalue weighted by Gasteiger charge is 2.43. The van der Waals surface area contributed by atoms with E-state index in [0.29, 0.717) is 5.92 Å². The predicted molar refractivity (Wildman–Crippen MR) is 58.7 cm³/mol. The fraction of sp³-hybridized carbons (Fsp3) is 0.500. The van der Waals surface area contributed by atoms with E-state index in [2.05, 4.69) is 0 Å². The van der Waals surface area contributed by atoms with E-state index in [1.807, 2.05) is 30.3 Å². The molecule has 0 saturated heterocycles. The molecule has 1 aromatic carbocycles.